The first-order valence-electron chi connectivity index (χ1n) is 7.21. The van der Waals surface area contributed by atoms with E-state index in [0.29, 0.717) is 5.56 Å². The van der Waals surface area contributed by atoms with E-state index in [1.54, 1.807) is 12.1 Å². The van der Waals surface area contributed by atoms with Crippen LogP contribution in [0, 0.1) is 0 Å². The zero-order valence-corrected chi connectivity index (χ0v) is 12.2. The molecule has 0 aliphatic heterocycles. The number of carbonyl (C=O) groups is 1. The van der Waals surface area contributed by atoms with Gasteiger partial charge in [-0.25, -0.2) is 0 Å². The number of nitrogens with zero attached hydrogens (tertiary/aromatic N) is 1. The average molecular weight is 298 g/mol. The summed E-state index contributed by atoms with van der Waals surface area (Å²) in [7, 11) is 0. The molecular weight excluding hydrogens is 280 g/mol. The van der Waals surface area contributed by atoms with E-state index in [0.717, 1.165) is 28.4 Å². The van der Waals surface area contributed by atoms with Gasteiger partial charge in [0.25, 0.3) is 0 Å². The Balaban J connectivity index is 2.22. The molecule has 0 bridgehead atoms. The third kappa shape index (κ3) is 2.15. The van der Waals surface area contributed by atoms with Gasteiger partial charge in [0, 0.05) is 28.4 Å². The predicted molar refractivity (Wildman–Crippen MR) is 85.3 cm³/mol. The highest BCUT2D eigenvalue weighted by atomic mass is 16.3. The molecule has 3 rings (SSSR count). The molecule has 22 heavy (non-hydrogen) atoms. The van der Waals surface area contributed by atoms with Gasteiger partial charge in [-0.15, -0.1) is 0 Å². The molecule has 0 saturated carbocycles. The van der Waals surface area contributed by atoms with Crippen LogP contribution in [0.3, 0.4) is 0 Å². The Morgan fingerprint density at radius 1 is 1.14 bits per heavy atom. The molecule has 0 aliphatic carbocycles. The van der Waals surface area contributed by atoms with Gasteiger partial charge in [-0.05, 0) is 30.7 Å². The van der Waals surface area contributed by atoms with E-state index in [4.69, 9.17) is 5.73 Å². The van der Waals surface area contributed by atoms with Crippen molar-refractivity contribution in [1.29, 1.82) is 0 Å². The lowest BCUT2D eigenvalue weighted by molar-refractivity contribution is -0.131. The summed E-state index contributed by atoms with van der Waals surface area (Å²) in [6.45, 7) is 2.90. The maximum atomic E-state index is 11.0. The van der Waals surface area contributed by atoms with Crippen LogP contribution in [-0.4, -0.2) is 26.8 Å². The Kier molecular flexibility index (Phi) is 3.60. The molecule has 1 aromatic heterocycles. The van der Waals surface area contributed by atoms with Crippen molar-refractivity contribution >= 4 is 27.7 Å². The van der Waals surface area contributed by atoms with Crippen molar-refractivity contribution in [3.63, 3.8) is 0 Å². The lowest BCUT2D eigenvalue weighted by atomic mass is 10.0. The van der Waals surface area contributed by atoms with Crippen molar-refractivity contribution in [2.45, 2.75) is 25.7 Å². The number of benzene rings is 2. The summed E-state index contributed by atoms with van der Waals surface area (Å²) in [6.07, 6.45) is -2.94. The highest BCUT2D eigenvalue weighted by Crippen LogP contribution is 2.31. The van der Waals surface area contributed by atoms with Crippen LogP contribution in [0.4, 0.5) is 0 Å². The third-order valence-electron chi connectivity index (χ3n) is 4.04. The normalized spacial score (nSPS) is 14.3. The molecule has 2 unspecified atom stereocenters. The van der Waals surface area contributed by atoms with Gasteiger partial charge in [-0.3, -0.25) is 4.79 Å². The lowest BCUT2D eigenvalue weighted by Gasteiger charge is -2.15. The molecule has 2 aromatic carbocycles. The number of hydrogen-bond donors (Lipinski definition) is 3. The molecule has 1 heterocycles. The number of aliphatic hydroxyl groups excluding tert-OH is 2. The zero-order valence-electron chi connectivity index (χ0n) is 12.2. The van der Waals surface area contributed by atoms with E-state index in [1.165, 1.54) is 0 Å². The molecule has 0 aliphatic rings. The minimum Gasteiger partial charge on any atom is -0.385 e. The van der Waals surface area contributed by atoms with Gasteiger partial charge in [0.05, 0.1) is 0 Å². The third-order valence-corrected chi connectivity index (χ3v) is 4.04. The number of aliphatic hydroxyl groups is 2. The standard InChI is InChI=1S/C17H18N2O3/c1-2-19-13-6-4-3-5-11(13)12-9-10(7-8-14(12)19)15(20)16(21)17(18)22/h3-9,15-16,20-21H,2H2,1H3,(H2,18,22). The summed E-state index contributed by atoms with van der Waals surface area (Å²) in [4.78, 5) is 11.0. The fourth-order valence-corrected chi connectivity index (χ4v) is 2.93. The lowest BCUT2D eigenvalue weighted by Crippen LogP contribution is -2.33. The van der Waals surface area contributed by atoms with Crippen LogP contribution < -0.4 is 5.73 Å². The van der Waals surface area contributed by atoms with E-state index in [9.17, 15) is 15.0 Å². The fraction of sp³-hybridized carbons (Fsp3) is 0.235. The molecule has 114 valence electrons. The van der Waals surface area contributed by atoms with Crippen molar-refractivity contribution in [2.75, 3.05) is 0 Å². The first-order valence-corrected chi connectivity index (χ1v) is 7.21. The molecule has 4 N–H and O–H groups in total. The molecule has 0 spiro atoms. The minimum absolute atomic E-state index is 0.470. The maximum Gasteiger partial charge on any atom is 0.249 e. The van der Waals surface area contributed by atoms with E-state index < -0.39 is 18.1 Å². The molecule has 0 saturated heterocycles. The summed E-state index contributed by atoms with van der Waals surface area (Å²) in [5.41, 5.74) is 7.68. The number of primary amides is 1. The number of fused-ring (bicyclic) bond motifs is 3. The molecule has 0 radical (unpaired) electrons. The second-order valence-corrected chi connectivity index (χ2v) is 5.33. The van der Waals surface area contributed by atoms with Crippen molar-refractivity contribution in [3.8, 4) is 0 Å². The van der Waals surface area contributed by atoms with Crippen LogP contribution in [0.2, 0.25) is 0 Å². The number of carbonyl (C=O) groups excluding carboxylic acids is 1. The van der Waals surface area contributed by atoms with Gasteiger partial charge in [0.2, 0.25) is 5.91 Å². The van der Waals surface area contributed by atoms with Crippen molar-refractivity contribution in [2.24, 2.45) is 5.73 Å². The first kappa shape index (κ1) is 14.6. The molecule has 0 fully saturated rings. The van der Waals surface area contributed by atoms with Gasteiger partial charge in [0.15, 0.2) is 6.10 Å². The number of rotatable bonds is 4. The highest BCUT2D eigenvalue weighted by molar-refractivity contribution is 6.08. The second-order valence-electron chi connectivity index (χ2n) is 5.33. The van der Waals surface area contributed by atoms with Crippen LogP contribution >= 0.6 is 0 Å². The van der Waals surface area contributed by atoms with E-state index >= 15 is 0 Å². The van der Waals surface area contributed by atoms with Crippen molar-refractivity contribution in [3.05, 3.63) is 48.0 Å². The Bertz CT molecular complexity index is 854. The molecule has 5 nitrogen and oxygen atoms in total. The SMILES string of the molecule is CCn1c2ccccc2c2cc(C(O)C(O)C(N)=O)ccc21. The van der Waals surface area contributed by atoms with Crippen LogP contribution in [-0.2, 0) is 11.3 Å². The first-order chi connectivity index (χ1) is 10.5. The second kappa shape index (κ2) is 5.44. The Hall–Kier alpha value is -2.37. The number of amides is 1. The Labute approximate surface area is 127 Å². The van der Waals surface area contributed by atoms with Crippen LogP contribution in [0.15, 0.2) is 42.5 Å². The van der Waals surface area contributed by atoms with E-state index in [-0.39, 0.29) is 0 Å². The van der Waals surface area contributed by atoms with Gasteiger partial charge < -0.3 is 20.5 Å². The smallest absolute Gasteiger partial charge is 0.249 e. The summed E-state index contributed by atoms with van der Waals surface area (Å²) in [6, 6.07) is 13.4. The molecule has 1 amide bonds. The summed E-state index contributed by atoms with van der Waals surface area (Å²) in [5.74, 6) is -0.941. The quantitative estimate of drug-likeness (QED) is 0.685. The summed E-state index contributed by atoms with van der Waals surface area (Å²) >= 11 is 0. The van der Waals surface area contributed by atoms with Crippen molar-refractivity contribution in [1.82, 2.24) is 4.57 Å². The molecular formula is C17H18N2O3. The van der Waals surface area contributed by atoms with Gasteiger partial charge >= 0.3 is 0 Å². The maximum absolute atomic E-state index is 11.0. The molecule has 3 aromatic rings. The average Bonchev–Trinajstić information content (AvgIpc) is 2.86. The number of hydrogen-bond acceptors (Lipinski definition) is 3. The summed E-state index contributed by atoms with van der Waals surface area (Å²) < 4.78 is 2.19. The predicted octanol–water partition coefficient (Wildman–Crippen LogP) is 1.69. The van der Waals surface area contributed by atoms with Gasteiger partial charge in [-0.2, -0.15) is 0 Å². The van der Waals surface area contributed by atoms with Crippen LogP contribution in [0.1, 0.15) is 18.6 Å². The van der Waals surface area contributed by atoms with Crippen LogP contribution in [0.5, 0.6) is 0 Å². The number of nitrogens with two attached hydrogens (primary N) is 1. The van der Waals surface area contributed by atoms with Gasteiger partial charge in [-0.1, -0.05) is 24.3 Å². The van der Waals surface area contributed by atoms with Crippen LogP contribution in [0.25, 0.3) is 21.8 Å². The highest BCUT2D eigenvalue weighted by Gasteiger charge is 2.24. The minimum atomic E-state index is -1.61. The van der Waals surface area contributed by atoms with E-state index in [1.807, 2.05) is 30.3 Å². The molecule has 5 heteroatoms. The number of para-hydroxylation sites is 1. The zero-order chi connectivity index (χ0) is 15.9. The number of aryl methyl sites for hydroxylation is 1. The summed E-state index contributed by atoms with van der Waals surface area (Å²) in [5, 5.41) is 21.8. The molecule has 2 atom stereocenters. The Morgan fingerprint density at radius 3 is 2.50 bits per heavy atom. The van der Waals surface area contributed by atoms with Crippen molar-refractivity contribution < 1.29 is 15.0 Å². The number of aromatic nitrogens is 1. The Morgan fingerprint density at radius 2 is 1.82 bits per heavy atom. The monoisotopic (exact) mass is 298 g/mol. The largest absolute Gasteiger partial charge is 0.385 e. The topological polar surface area (TPSA) is 88.5 Å². The van der Waals surface area contributed by atoms with Gasteiger partial charge in [0.1, 0.15) is 6.10 Å². The fourth-order valence-electron chi connectivity index (χ4n) is 2.93. The van der Waals surface area contributed by atoms with E-state index in [2.05, 4.69) is 11.5 Å².